The number of allylic oxidation sites excluding steroid dienone is 4. The number of hydrogen-bond donors (Lipinski definition) is 0. The van der Waals surface area contributed by atoms with E-state index in [2.05, 4.69) is 66.7 Å². The first kappa shape index (κ1) is 24.2. The fraction of sp³-hybridized carbons (Fsp3) is 0.688. The lowest BCUT2D eigenvalue weighted by atomic mass is 9.71. The Morgan fingerprint density at radius 1 is 0.806 bits per heavy atom. The third kappa shape index (κ3) is 3.85. The second-order valence-corrected chi connectivity index (χ2v) is 13.4. The van der Waals surface area contributed by atoms with Crippen LogP contribution in [0.4, 0.5) is 0 Å². The Morgan fingerprint density at radius 3 is 2.22 bits per heavy atom. The lowest BCUT2D eigenvalue weighted by Crippen LogP contribution is -2.25. The van der Waals surface area contributed by atoms with E-state index in [0.717, 1.165) is 23.9 Å². The van der Waals surface area contributed by atoms with Crippen molar-refractivity contribution in [3.8, 4) is 0 Å². The van der Waals surface area contributed by atoms with Crippen molar-refractivity contribution in [2.24, 2.45) is 47.3 Å². The standard InChI is InChI=1S/C32H44N2O2/c1-16(2)27-20-8-9-21(11-20)29(27)32-33-25(14-36-32)19(7)10-22-12-23-13-24(22)30(28(23)17(3)4)26-15-35-31(34-26)18(5)6/h8-9,12,14-21,23-24,27-30H,10-11,13H2,1-7H3/t19?,20?,21?,23-,24?,27?,28?,29?,30?/m0/s1. The molecule has 194 valence electrons. The van der Waals surface area contributed by atoms with Crippen LogP contribution in [-0.4, -0.2) is 9.97 Å². The van der Waals surface area contributed by atoms with Gasteiger partial charge in [-0.2, -0.15) is 0 Å². The van der Waals surface area contributed by atoms with Crippen molar-refractivity contribution in [3.05, 3.63) is 59.5 Å². The van der Waals surface area contributed by atoms with Crippen LogP contribution in [-0.2, 0) is 0 Å². The van der Waals surface area contributed by atoms with E-state index in [1.807, 2.05) is 12.5 Å². The molecule has 8 unspecified atom stereocenters. The normalized spacial score (nSPS) is 35.7. The molecule has 2 fully saturated rings. The monoisotopic (exact) mass is 488 g/mol. The van der Waals surface area contributed by atoms with E-state index < -0.39 is 0 Å². The van der Waals surface area contributed by atoms with Crippen molar-refractivity contribution >= 4 is 0 Å². The van der Waals surface area contributed by atoms with Gasteiger partial charge in [-0.25, -0.2) is 9.97 Å². The van der Waals surface area contributed by atoms with Crippen LogP contribution in [0.2, 0.25) is 0 Å². The number of oxazole rings is 2. The molecule has 0 spiro atoms. The first-order valence-electron chi connectivity index (χ1n) is 14.5. The van der Waals surface area contributed by atoms with Gasteiger partial charge in [-0.05, 0) is 66.6 Å². The van der Waals surface area contributed by atoms with Gasteiger partial charge >= 0.3 is 0 Å². The van der Waals surface area contributed by atoms with Gasteiger partial charge in [0.15, 0.2) is 11.8 Å². The molecule has 4 nitrogen and oxygen atoms in total. The fourth-order valence-electron chi connectivity index (χ4n) is 8.60. The Bertz CT molecular complexity index is 1150. The Kier molecular flexibility index (Phi) is 6.08. The third-order valence-corrected chi connectivity index (χ3v) is 10.1. The molecule has 0 aliphatic heterocycles. The van der Waals surface area contributed by atoms with Crippen LogP contribution < -0.4 is 0 Å². The molecule has 0 N–H and O–H groups in total. The summed E-state index contributed by atoms with van der Waals surface area (Å²) in [7, 11) is 0. The van der Waals surface area contributed by atoms with Crippen molar-refractivity contribution in [1.29, 1.82) is 0 Å². The lowest BCUT2D eigenvalue weighted by molar-refractivity contribution is 0.260. The summed E-state index contributed by atoms with van der Waals surface area (Å²) >= 11 is 0. The lowest BCUT2D eigenvalue weighted by Gasteiger charge is -2.33. The highest BCUT2D eigenvalue weighted by molar-refractivity contribution is 5.32. The molecule has 0 amide bonds. The first-order valence-corrected chi connectivity index (χ1v) is 14.5. The van der Waals surface area contributed by atoms with Gasteiger partial charge in [-0.15, -0.1) is 0 Å². The number of fused-ring (bicyclic) bond motifs is 4. The van der Waals surface area contributed by atoms with Crippen LogP contribution in [0.25, 0.3) is 0 Å². The maximum absolute atomic E-state index is 6.21. The van der Waals surface area contributed by atoms with Crippen LogP contribution >= 0.6 is 0 Å². The molecule has 2 heterocycles. The minimum Gasteiger partial charge on any atom is -0.448 e. The van der Waals surface area contributed by atoms with Gasteiger partial charge in [0.2, 0.25) is 0 Å². The second-order valence-electron chi connectivity index (χ2n) is 13.4. The smallest absolute Gasteiger partial charge is 0.198 e. The topological polar surface area (TPSA) is 52.1 Å². The predicted molar refractivity (Wildman–Crippen MR) is 143 cm³/mol. The van der Waals surface area contributed by atoms with E-state index in [1.165, 1.54) is 18.5 Å². The molecule has 9 atom stereocenters. The van der Waals surface area contributed by atoms with Crippen molar-refractivity contribution < 1.29 is 8.83 Å². The van der Waals surface area contributed by atoms with E-state index in [9.17, 15) is 0 Å². The molecule has 4 bridgehead atoms. The van der Waals surface area contributed by atoms with Gasteiger partial charge < -0.3 is 8.83 Å². The summed E-state index contributed by atoms with van der Waals surface area (Å²) in [4.78, 5) is 10.1. The molecule has 2 aromatic rings. The van der Waals surface area contributed by atoms with Gasteiger partial charge in [0.25, 0.3) is 0 Å². The number of rotatable bonds is 8. The Morgan fingerprint density at radius 2 is 1.53 bits per heavy atom. The van der Waals surface area contributed by atoms with E-state index >= 15 is 0 Å². The van der Waals surface area contributed by atoms with Gasteiger partial charge in [0, 0.05) is 23.7 Å². The van der Waals surface area contributed by atoms with Crippen LogP contribution in [0, 0.1) is 47.3 Å². The van der Waals surface area contributed by atoms with Gasteiger partial charge in [0.05, 0.1) is 11.4 Å². The predicted octanol–water partition coefficient (Wildman–Crippen LogP) is 8.47. The number of nitrogens with zero attached hydrogens (tertiary/aromatic N) is 2. The number of aromatic nitrogens is 2. The highest BCUT2D eigenvalue weighted by atomic mass is 16.3. The van der Waals surface area contributed by atoms with Crippen molar-refractivity contribution in [3.63, 3.8) is 0 Å². The van der Waals surface area contributed by atoms with E-state index in [4.69, 9.17) is 18.8 Å². The summed E-state index contributed by atoms with van der Waals surface area (Å²) in [6, 6.07) is 0. The van der Waals surface area contributed by atoms with E-state index in [-0.39, 0.29) is 0 Å². The van der Waals surface area contributed by atoms with E-state index in [1.54, 1.807) is 5.57 Å². The first-order chi connectivity index (χ1) is 17.2. The molecule has 2 saturated carbocycles. The summed E-state index contributed by atoms with van der Waals surface area (Å²) in [6.45, 7) is 16.1. The summed E-state index contributed by atoms with van der Waals surface area (Å²) in [6.07, 6.45) is 15.0. The minimum absolute atomic E-state index is 0.326. The zero-order valence-corrected chi connectivity index (χ0v) is 23.1. The molecule has 0 aromatic carbocycles. The minimum atomic E-state index is 0.326. The highest BCUT2D eigenvalue weighted by Gasteiger charge is 2.51. The van der Waals surface area contributed by atoms with Gasteiger partial charge in [-0.1, -0.05) is 72.3 Å². The molecule has 4 aliphatic rings. The zero-order valence-electron chi connectivity index (χ0n) is 23.1. The second kappa shape index (κ2) is 9.03. The van der Waals surface area contributed by atoms with Crippen molar-refractivity contribution in [2.75, 3.05) is 0 Å². The summed E-state index contributed by atoms with van der Waals surface area (Å²) < 4.78 is 12.1. The molecule has 6 rings (SSSR count). The molecule has 2 aromatic heterocycles. The Balaban J connectivity index is 1.20. The largest absolute Gasteiger partial charge is 0.448 e. The van der Waals surface area contributed by atoms with Crippen LogP contribution in [0.5, 0.6) is 0 Å². The molecule has 0 radical (unpaired) electrons. The van der Waals surface area contributed by atoms with Gasteiger partial charge in [0.1, 0.15) is 12.5 Å². The van der Waals surface area contributed by atoms with Crippen molar-refractivity contribution in [2.45, 2.75) is 91.4 Å². The fourth-order valence-corrected chi connectivity index (χ4v) is 8.60. The highest BCUT2D eigenvalue weighted by Crippen LogP contribution is 2.60. The summed E-state index contributed by atoms with van der Waals surface area (Å²) in [5.74, 6) is 8.59. The third-order valence-electron chi connectivity index (χ3n) is 10.1. The molecule has 0 saturated heterocycles. The number of hydrogen-bond acceptors (Lipinski definition) is 4. The average molecular weight is 489 g/mol. The molecular weight excluding hydrogens is 444 g/mol. The molecule has 36 heavy (non-hydrogen) atoms. The molecule has 4 aliphatic carbocycles. The molecular formula is C32H44N2O2. The Hall–Kier alpha value is -2.10. The Labute approximate surface area is 217 Å². The van der Waals surface area contributed by atoms with Crippen LogP contribution in [0.1, 0.15) is 115 Å². The maximum atomic E-state index is 6.21. The summed E-state index contributed by atoms with van der Waals surface area (Å²) in [5.41, 5.74) is 3.91. The SMILES string of the molecule is CC(C)c1nc(C2C3C[C@H](C=C3CC(C)c3coc(C4C5C=CC(C5)C4C(C)C)n3)C2C(C)C)co1. The quantitative estimate of drug-likeness (QED) is 0.350. The zero-order chi connectivity index (χ0) is 25.3. The van der Waals surface area contributed by atoms with Crippen LogP contribution in [0.15, 0.2) is 45.2 Å². The van der Waals surface area contributed by atoms with Gasteiger partial charge in [-0.3, -0.25) is 0 Å². The maximum Gasteiger partial charge on any atom is 0.198 e. The molecule has 4 heteroatoms. The summed E-state index contributed by atoms with van der Waals surface area (Å²) in [5, 5.41) is 0. The average Bonchev–Trinajstić information content (AvgIpc) is 3.65. The van der Waals surface area contributed by atoms with Crippen LogP contribution in [0.3, 0.4) is 0 Å². The van der Waals surface area contributed by atoms with Crippen molar-refractivity contribution in [1.82, 2.24) is 9.97 Å². The van der Waals surface area contributed by atoms with E-state index in [0.29, 0.717) is 71.0 Å².